The van der Waals surface area contributed by atoms with E-state index in [4.69, 9.17) is 0 Å². The number of piperidine rings is 2. The molecule has 2 aromatic heterocycles. The lowest BCUT2D eigenvalue weighted by Gasteiger charge is -2.47. The lowest BCUT2D eigenvalue weighted by atomic mass is 9.83. The van der Waals surface area contributed by atoms with Crippen molar-refractivity contribution in [2.24, 2.45) is 5.92 Å². The van der Waals surface area contributed by atoms with Gasteiger partial charge in [-0.2, -0.15) is 11.3 Å². The molecule has 0 bridgehead atoms. The van der Waals surface area contributed by atoms with Gasteiger partial charge >= 0.3 is 0 Å². The van der Waals surface area contributed by atoms with Gasteiger partial charge in [0, 0.05) is 57.0 Å². The summed E-state index contributed by atoms with van der Waals surface area (Å²) in [6, 6.07) is 2.64. The highest BCUT2D eigenvalue weighted by atomic mass is 32.1. The van der Waals surface area contributed by atoms with Gasteiger partial charge in [0.25, 0.3) is 0 Å². The summed E-state index contributed by atoms with van der Waals surface area (Å²) in [7, 11) is 0. The van der Waals surface area contributed by atoms with Crippen molar-refractivity contribution in [2.75, 3.05) is 19.6 Å². The van der Waals surface area contributed by atoms with Gasteiger partial charge in [-0.15, -0.1) is 0 Å². The molecule has 0 spiro atoms. The van der Waals surface area contributed by atoms with E-state index in [1.807, 2.05) is 6.20 Å². The zero-order valence-corrected chi connectivity index (χ0v) is 14.7. The Morgan fingerprint density at radius 1 is 1.38 bits per heavy atom. The van der Waals surface area contributed by atoms with E-state index in [1.165, 1.54) is 5.56 Å². The summed E-state index contributed by atoms with van der Waals surface area (Å²) in [4.78, 5) is 24.4. The lowest BCUT2D eigenvalue weighted by molar-refractivity contribution is -0.141. The van der Waals surface area contributed by atoms with Crippen LogP contribution in [0.25, 0.3) is 0 Å². The summed E-state index contributed by atoms with van der Waals surface area (Å²) in [6.07, 6.45) is 7.28. The van der Waals surface area contributed by atoms with Crippen molar-refractivity contribution in [2.45, 2.75) is 38.3 Å². The molecule has 128 valence electrons. The number of aromatic nitrogens is 2. The van der Waals surface area contributed by atoms with Gasteiger partial charge < -0.3 is 9.88 Å². The van der Waals surface area contributed by atoms with Crippen LogP contribution in [0.5, 0.6) is 0 Å². The molecule has 5 nitrogen and oxygen atoms in total. The topological polar surface area (TPSA) is 52.2 Å². The Kier molecular flexibility index (Phi) is 4.67. The number of hydrogen-bond acceptors (Lipinski definition) is 4. The van der Waals surface area contributed by atoms with Gasteiger partial charge in [-0.25, -0.2) is 4.98 Å². The Balaban J connectivity index is 1.37. The Bertz CT molecular complexity index is 655. The van der Waals surface area contributed by atoms with E-state index in [2.05, 4.69) is 36.6 Å². The zero-order chi connectivity index (χ0) is 16.4. The van der Waals surface area contributed by atoms with E-state index in [0.29, 0.717) is 24.3 Å². The van der Waals surface area contributed by atoms with Crippen LogP contribution >= 0.6 is 11.3 Å². The molecule has 4 rings (SSSR count). The normalized spacial score (nSPS) is 25.0. The van der Waals surface area contributed by atoms with E-state index in [-0.39, 0.29) is 0 Å². The van der Waals surface area contributed by atoms with Crippen LogP contribution in [-0.4, -0.2) is 51.4 Å². The SMILES string of the molecule is O=C1CC[C@@H]2CN(Cc3ccsc3)CC[C@@H]2N1CCc1cnc[nH]1. The molecule has 0 saturated carbocycles. The number of carbonyl (C=O) groups is 1. The zero-order valence-electron chi connectivity index (χ0n) is 13.9. The number of rotatable bonds is 5. The molecule has 1 amide bonds. The molecule has 2 fully saturated rings. The second-order valence-electron chi connectivity index (χ2n) is 6.94. The Hall–Kier alpha value is -1.66. The summed E-state index contributed by atoms with van der Waals surface area (Å²) in [5, 5.41) is 4.39. The number of nitrogens with one attached hydrogen (secondary N) is 1. The van der Waals surface area contributed by atoms with Crippen LogP contribution in [0.3, 0.4) is 0 Å². The molecule has 6 heteroatoms. The second-order valence-corrected chi connectivity index (χ2v) is 7.72. The van der Waals surface area contributed by atoms with Crippen LogP contribution in [0.2, 0.25) is 0 Å². The van der Waals surface area contributed by atoms with Crippen molar-refractivity contribution in [1.82, 2.24) is 19.8 Å². The maximum absolute atomic E-state index is 12.4. The number of H-pyrrole nitrogens is 1. The molecule has 1 N–H and O–H groups in total. The van der Waals surface area contributed by atoms with Gasteiger partial charge in [0.05, 0.1) is 6.33 Å². The first-order chi connectivity index (χ1) is 11.8. The van der Waals surface area contributed by atoms with Crippen LogP contribution in [0.4, 0.5) is 0 Å². The summed E-state index contributed by atoms with van der Waals surface area (Å²) < 4.78 is 0. The van der Waals surface area contributed by atoms with Crippen molar-refractivity contribution in [3.05, 3.63) is 40.6 Å². The van der Waals surface area contributed by atoms with E-state index in [1.54, 1.807) is 17.7 Å². The molecule has 24 heavy (non-hydrogen) atoms. The van der Waals surface area contributed by atoms with Gasteiger partial charge in [0.15, 0.2) is 0 Å². The average molecular weight is 344 g/mol. The molecular weight excluding hydrogens is 320 g/mol. The number of imidazole rings is 1. The summed E-state index contributed by atoms with van der Waals surface area (Å²) in [5.74, 6) is 0.957. The average Bonchev–Trinajstić information content (AvgIpc) is 3.28. The highest BCUT2D eigenvalue weighted by molar-refractivity contribution is 7.07. The van der Waals surface area contributed by atoms with Crippen molar-refractivity contribution in [1.29, 1.82) is 0 Å². The number of nitrogens with zero attached hydrogens (tertiary/aromatic N) is 3. The first-order valence-corrected chi connectivity index (χ1v) is 9.74. The summed E-state index contributed by atoms with van der Waals surface area (Å²) >= 11 is 1.77. The summed E-state index contributed by atoms with van der Waals surface area (Å²) in [6.45, 7) is 4.07. The van der Waals surface area contributed by atoms with Crippen LogP contribution in [0.15, 0.2) is 29.4 Å². The highest BCUT2D eigenvalue weighted by Crippen LogP contribution is 2.32. The van der Waals surface area contributed by atoms with Gasteiger partial charge in [-0.05, 0) is 41.1 Å². The third kappa shape index (κ3) is 3.39. The van der Waals surface area contributed by atoms with Crippen LogP contribution in [-0.2, 0) is 17.8 Å². The smallest absolute Gasteiger partial charge is 0.222 e. The molecular formula is C18H24N4OS. The van der Waals surface area contributed by atoms with Crippen molar-refractivity contribution < 1.29 is 4.79 Å². The van der Waals surface area contributed by atoms with Gasteiger partial charge in [-0.1, -0.05) is 0 Å². The molecule has 2 atom stereocenters. The minimum Gasteiger partial charge on any atom is -0.348 e. The number of fused-ring (bicyclic) bond motifs is 1. The molecule has 2 aliphatic rings. The predicted molar refractivity (Wildman–Crippen MR) is 94.7 cm³/mol. The van der Waals surface area contributed by atoms with Gasteiger partial charge in [0.1, 0.15) is 0 Å². The number of carbonyl (C=O) groups excluding carboxylic acids is 1. The van der Waals surface area contributed by atoms with Gasteiger partial charge in [-0.3, -0.25) is 9.69 Å². The molecule has 2 aromatic rings. The first kappa shape index (κ1) is 15.8. The van der Waals surface area contributed by atoms with Crippen molar-refractivity contribution >= 4 is 17.2 Å². The number of thiophene rings is 1. The van der Waals surface area contributed by atoms with E-state index < -0.39 is 0 Å². The fourth-order valence-corrected chi connectivity index (χ4v) is 4.82. The summed E-state index contributed by atoms with van der Waals surface area (Å²) in [5.41, 5.74) is 2.53. The third-order valence-corrected chi connectivity index (χ3v) is 6.12. The maximum Gasteiger partial charge on any atom is 0.222 e. The molecule has 0 aliphatic carbocycles. The Morgan fingerprint density at radius 3 is 3.12 bits per heavy atom. The lowest BCUT2D eigenvalue weighted by Crippen LogP contribution is -2.56. The maximum atomic E-state index is 12.4. The minimum absolute atomic E-state index is 0.335. The van der Waals surface area contributed by atoms with Crippen molar-refractivity contribution in [3.63, 3.8) is 0 Å². The molecule has 2 aliphatic heterocycles. The fraction of sp³-hybridized carbons (Fsp3) is 0.556. The quantitative estimate of drug-likeness (QED) is 0.907. The first-order valence-electron chi connectivity index (χ1n) is 8.80. The molecule has 0 aromatic carbocycles. The number of likely N-dealkylation sites (tertiary alicyclic amines) is 2. The largest absolute Gasteiger partial charge is 0.348 e. The number of hydrogen-bond donors (Lipinski definition) is 1. The van der Waals surface area contributed by atoms with Crippen LogP contribution in [0, 0.1) is 5.92 Å². The van der Waals surface area contributed by atoms with Crippen LogP contribution < -0.4 is 0 Å². The minimum atomic E-state index is 0.335. The second kappa shape index (κ2) is 7.07. The highest BCUT2D eigenvalue weighted by Gasteiger charge is 2.38. The van der Waals surface area contributed by atoms with E-state index >= 15 is 0 Å². The molecule has 4 heterocycles. The predicted octanol–water partition coefficient (Wildman–Crippen LogP) is 2.53. The van der Waals surface area contributed by atoms with Crippen LogP contribution in [0.1, 0.15) is 30.5 Å². The Morgan fingerprint density at radius 2 is 2.33 bits per heavy atom. The van der Waals surface area contributed by atoms with Gasteiger partial charge in [0.2, 0.25) is 5.91 Å². The standard InChI is InChI=1S/C18H24N4OS/c23-18-2-1-15-11-21(10-14-5-8-24-12-14)6-4-17(15)22(18)7-3-16-9-19-13-20-16/h5,8-9,12-13,15,17H,1-4,6-7,10-11H2,(H,19,20)/t15-,17+/m1/s1. The third-order valence-electron chi connectivity index (χ3n) is 5.39. The van der Waals surface area contributed by atoms with E-state index in [9.17, 15) is 4.79 Å². The van der Waals surface area contributed by atoms with Crippen molar-refractivity contribution in [3.8, 4) is 0 Å². The monoisotopic (exact) mass is 344 g/mol. The molecule has 0 unspecified atom stereocenters. The number of amides is 1. The molecule has 0 radical (unpaired) electrons. The fourth-order valence-electron chi connectivity index (χ4n) is 4.16. The molecule has 2 saturated heterocycles. The number of aromatic amines is 1. The Labute approximate surface area is 146 Å². The van der Waals surface area contributed by atoms with E-state index in [0.717, 1.165) is 51.1 Å².